The van der Waals surface area contributed by atoms with E-state index in [0.717, 1.165) is 11.3 Å². The zero-order chi connectivity index (χ0) is 15.2. The van der Waals surface area contributed by atoms with E-state index in [4.69, 9.17) is 4.74 Å². The van der Waals surface area contributed by atoms with Gasteiger partial charge in [-0.05, 0) is 24.3 Å². The fourth-order valence-electron chi connectivity index (χ4n) is 1.87. The third-order valence-corrected chi connectivity index (χ3v) is 2.99. The summed E-state index contributed by atoms with van der Waals surface area (Å²) in [4.78, 5) is 27.1. The maximum atomic E-state index is 12.0. The van der Waals surface area contributed by atoms with Crippen LogP contribution in [0.15, 0.2) is 41.5 Å². The summed E-state index contributed by atoms with van der Waals surface area (Å²) >= 11 is 0. The Morgan fingerprint density at radius 3 is 2.62 bits per heavy atom. The van der Waals surface area contributed by atoms with Crippen molar-refractivity contribution in [3.8, 4) is 17.0 Å². The first kappa shape index (κ1) is 14.8. The Morgan fingerprint density at radius 1 is 1.33 bits per heavy atom. The summed E-state index contributed by atoms with van der Waals surface area (Å²) in [7, 11) is 1.60. The van der Waals surface area contributed by atoms with E-state index in [1.165, 1.54) is 23.9 Å². The fraction of sp³-hybridized carbons (Fsp3) is 0.267. The SMILES string of the molecule is COc1ccc(-c2cc(=O)n(CCNC(C)=O)cn2)cc1. The van der Waals surface area contributed by atoms with E-state index in [9.17, 15) is 9.59 Å². The predicted molar refractivity (Wildman–Crippen MR) is 79.2 cm³/mol. The van der Waals surface area contributed by atoms with Crippen LogP contribution in [0.2, 0.25) is 0 Å². The van der Waals surface area contributed by atoms with Gasteiger partial charge in [-0.3, -0.25) is 14.2 Å². The molecule has 0 saturated carbocycles. The van der Waals surface area contributed by atoms with Crippen molar-refractivity contribution in [2.45, 2.75) is 13.5 Å². The summed E-state index contributed by atoms with van der Waals surface area (Å²) in [5, 5.41) is 2.64. The number of hydrogen-bond donors (Lipinski definition) is 1. The third kappa shape index (κ3) is 3.92. The number of carbonyl (C=O) groups excluding carboxylic acids is 1. The summed E-state index contributed by atoms with van der Waals surface area (Å²) in [6.45, 7) is 2.24. The number of nitrogens with zero attached hydrogens (tertiary/aromatic N) is 2. The Balaban J connectivity index is 2.14. The van der Waals surface area contributed by atoms with E-state index in [1.54, 1.807) is 7.11 Å². The van der Waals surface area contributed by atoms with Gasteiger partial charge in [-0.25, -0.2) is 4.98 Å². The second-order valence-corrected chi connectivity index (χ2v) is 4.52. The quantitative estimate of drug-likeness (QED) is 0.892. The second-order valence-electron chi connectivity index (χ2n) is 4.52. The number of nitrogens with one attached hydrogen (secondary N) is 1. The molecule has 1 aromatic heterocycles. The molecule has 110 valence electrons. The van der Waals surface area contributed by atoms with Gasteiger partial charge in [0.25, 0.3) is 5.56 Å². The Bertz CT molecular complexity index is 677. The van der Waals surface area contributed by atoms with Gasteiger partial charge < -0.3 is 10.1 Å². The lowest BCUT2D eigenvalue weighted by atomic mass is 10.1. The third-order valence-electron chi connectivity index (χ3n) is 2.99. The number of benzene rings is 1. The monoisotopic (exact) mass is 287 g/mol. The molecule has 0 saturated heterocycles. The van der Waals surface area contributed by atoms with Crippen LogP contribution in [0.3, 0.4) is 0 Å². The molecule has 1 aromatic carbocycles. The van der Waals surface area contributed by atoms with Crippen LogP contribution >= 0.6 is 0 Å². The molecule has 0 radical (unpaired) electrons. The van der Waals surface area contributed by atoms with Crippen LogP contribution in [-0.2, 0) is 11.3 Å². The second kappa shape index (κ2) is 6.69. The lowest BCUT2D eigenvalue weighted by Gasteiger charge is -2.07. The van der Waals surface area contributed by atoms with E-state index in [2.05, 4.69) is 10.3 Å². The van der Waals surface area contributed by atoms with Crippen LogP contribution in [0.4, 0.5) is 0 Å². The number of methoxy groups -OCH3 is 1. The van der Waals surface area contributed by atoms with E-state index in [-0.39, 0.29) is 11.5 Å². The van der Waals surface area contributed by atoms with Gasteiger partial charge in [0.05, 0.1) is 19.1 Å². The van der Waals surface area contributed by atoms with Gasteiger partial charge in [-0.2, -0.15) is 0 Å². The van der Waals surface area contributed by atoms with Gasteiger partial charge in [-0.15, -0.1) is 0 Å². The van der Waals surface area contributed by atoms with Crippen LogP contribution in [-0.4, -0.2) is 29.1 Å². The van der Waals surface area contributed by atoms with Crippen molar-refractivity contribution in [2.75, 3.05) is 13.7 Å². The lowest BCUT2D eigenvalue weighted by Crippen LogP contribution is -2.29. The van der Waals surface area contributed by atoms with E-state index in [1.807, 2.05) is 24.3 Å². The number of rotatable bonds is 5. The van der Waals surface area contributed by atoms with E-state index < -0.39 is 0 Å². The van der Waals surface area contributed by atoms with Crippen molar-refractivity contribution in [2.24, 2.45) is 0 Å². The lowest BCUT2D eigenvalue weighted by molar-refractivity contribution is -0.118. The normalized spacial score (nSPS) is 10.2. The summed E-state index contributed by atoms with van der Waals surface area (Å²) < 4.78 is 6.55. The largest absolute Gasteiger partial charge is 0.497 e. The molecule has 2 rings (SSSR count). The van der Waals surface area contributed by atoms with Crippen LogP contribution in [0.25, 0.3) is 11.3 Å². The van der Waals surface area contributed by atoms with Crippen LogP contribution in [0.1, 0.15) is 6.92 Å². The number of carbonyl (C=O) groups is 1. The average Bonchev–Trinajstić information content (AvgIpc) is 2.48. The summed E-state index contributed by atoms with van der Waals surface area (Å²) in [6.07, 6.45) is 1.49. The van der Waals surface area contributed by atoms with Crippen molar-refractivity contribution >= 4 is 5.91 Å². The van der Waals surface area contributed by atoms with Crippen molar-refractivity contribution < 1.29 is 9.53 Å². The topological polar surface area (TPSA) is 73.2 Å². The summed E-state index contributed by atoms with van der Waals surface area (Å²) in [5.41, 5.74) is 1.31. The molecule has 0 aliphatic carbocycles. The molecule has 0 bridgehead atoms. The van der Waals surface area contributed by atoms with Crippen LogP contribution in [0.5, 0.6) is 5.75 Å². The predicted octanol–water partition coefficient (Wildman–Crippen LogP) is 1.05. The fourth-order valence-corrected chi connectivity index (χ4v) is 1.87. The number of aromatic nitrogens is 2. The highest BCUT2D eigenvalue weighted by Gasteiger charge is 2.03. The minimum absolute atomic E-state index is 0.120. The molecule has 2 aromatic rings. The first-order valence-corrected chi connectivity index (χ1v) is 6.55. The first-order chi connectivity index (χ1) is 10.1. The molecule has 0 aliphatic heterocycles. The van der Waals surface area contributed by atoms with E-state index >= 15 is 0 Å². The van der Waals surface area contributed by atoms with Crippen molar-refractivity contribution in [3.05, 3.63) is 47.0 Å². The number of hydrogen-bond acceptors (Lipinski definition) is 4. The van der Waals surface area contributed by atoms with Gasteiger partial charge >= 0.3 is 0 Å². The average molecular weight is 287 g/mol. The standard InChI is InChI=1S/C15H17N3O3/c1-11(19)16-7-8-18-10-17-14(9-15(18)20)12-3-5-13(21-2)6-4-12/h3-6,9-10H,7-8H2,1-2H3,(H,16,19). The number of ether oxygens (including phenoxy) is 1. The van der Waals surface area contributed by atoms with E-state index in [0.29, 0.717) is 18.8 Å². The summed E-state index contributed by atoms with van der Waals surface area (Å²) in [5.74, 6) is 0.633. The number of amides is 1. The molecule has 0 atom stereocenters. The maximum Gasteiger partial charge on any atom is 0.253 e. The smallest absolute Gasteiger partial charge is 0.253 e. The van der Waals surface area contributed by atoms with Gasteiger partial charge in [0.15, 0.2) is 0 Å². The maximum absolute atomic E-state index is 12.0. The molecule has 1 amide bonds. The van der Waals surface area contributed by atoms with Gasteiger partial charge in [0.1, 0.15) is 5.75 Å². The molecular formula is C15H17N3O3. The van der Waals surface area contributed by atoms with Crippen LogP contribution in [0, 0.1) is 0 Å². The minimum Gasteiger partial charge on any atom is -0.497 e. The van der Waals surface area contributed by atoms with Crippen molar-refractivity contribution in [1.29, 1.82) is 0 Å². The Morgan fingerprint density at radius 2 is 2.05 bits per heavy atom. The Labute approximate surface area is 122 Å². The highest BCUT2D eigenvalue weighted by atomic mass is 16.5. The first-order valence-electron chi connectivity index (χ1n) is 6.55. The molecule has 0 spiro atoms. The molecule has 6 nitrogen and oxygen atoms in total. The highest BCUT2D eigenvalue weighted by molar-refractivity contribution is 5.72. The van der Waals surface area contributed by atoms with Crippen LogP contribution < -0.4 is 15.6 Å². The van der Waals surface area contributed by atoms with Crippen molar-refractivity contribution in [3.63, 3.8) is 0 Å². The van der Waals surface area contributed by atoms with Crippen molar-refractivity contribution in [1.82, 2.24) is 14.9 Å². The van der Waals surface area contributed by atoms with Gasteiger partial charge in [0.2, 0.25) is 5.91 Å². The molecule has 1 N–H and O–H groups in total. The Kier molecular flexibility index (Phi) is 4.71. The van der Waals surface area contributed by atoms with Gasteiger partial charge in [0, 0.05) is 31.6 Å². The zero-order valence-electron chi connectivity index (χ0n) is 12.0. The Hall–Kier alpha value is -2.63. The summed E-state index contributed by atoms with van der Waals surface area (Å²) in [6, 6.07) is 8.82. The molecular weight excluding hydrogens is 270 g/mol. The molecule has 1 heterocycles. The van der Waals surface area contributed by atoms with Gasteiger partial charge in [-0.1, -0.05) is 0 Å². The minimum atomic E-state index is -0.152. The molecule has 21 heavy (non-hydrogen) atoms. The molecule has 6 heteroatoms. The molecule has 0 unspecified atom stereocenters. The molecule has 0 aliphatic rings. The highest BCUT2D eigenvalue weighted by Crippen LogP contribution is 2.18. The zero-order valence-corrected chi connectivity index (χ0v) is 12.0. The molecule has 0 fully saturated rings.